The van der Waals surface area contributed by atoms with E-state index in [4.69, 9.17) is 10.2 Å². The van der Waals surface area contributed by atoms with Crippen LogP contribution in [0.4, 0.5) is 0 Å². The Bertz CT molecular complexity index is 269. The van der Waals surface area contributed by atoms with E-state index >= 15 is 0 Å². The van der Waals surface area contributed by atoms with Gasteiger partial charge >= 0.3 is 11.9 Å². The second-order valence-electron chi connectivity index (χ2n) is 2.91. The number of carboxylic acid groups (broad SMARTS) is 2. The molecule has 0 aliphatic heterocycles. The van der Waals surface area contributed by atoms with Crippen LogP contribution in [0.25, 0.3) is 0 Å². The Morgan fingerprint density at radius 2 is 1.86 bits per heavy atom. The van der Waals surface area contributed by atoms with Gasteiger partial charge in [0, 0.05) is 6.42 Å². The summed E-state index contributed by atoms with van der Waals surface area (Å²) in [6, 6.07) is 0. The fourth-order valence-corrected chi connectivity index (χ4v) is 0.970. The van der Waals surface area contributed by atoms with Gasteiger partial charge in [0.2, 0.25) is 11.9 Å². The highest BCUT2D eigenvalue weighted by Crippen LogP contribution is 2.16. The summed E-state index contributed by atoms with van der Waals surface area (Å²) in [6.07, 6.45) is -0.304. The molecule has 14 heavy (non-hydrogen) atoms. The van der Waals surface area contributed by atoms with Gasteiger partial charge in [0.05, 0.1) is 0 Å². The molecule has 0 unspecified atom stereocenters. The molecular formula is C8H11NO5. The molecular weight excluding hydrogens is 190 g/mol. The number of aliphatic carboxylic acids is 2. The van der Waals surface area contributed by atoms with E-state index in [2.05, 4.69) is 6.58 Å². The Morgan fingerprint density at radius 3 is 2.07 bits per heavy atom. The van der Waals surface area contributed by atoms with Crippen LogP contribution in [0.3, 0.4) is 0 Å². The molecule has 0 aliphatic carbocycles. The SMILES string of the molecule is C=C(C)CC(NC=O)(C(=O)O)C(=O)O. The van der Waals surface area contributed by atoms with Gasteiger partial charge in [0.1, 0.15) is 0 Å². The fourth-order valence-electron chi connectivity index (χ4n) is 0.970. The summed E-state index contributed by atoms with van der Waals surface area (Å²) in [5.41, 5.74) is -1.96. The minimum absolute atomic E-state index is 0.0468. The average Bonchev–Trinajstić information content (AvgIpc) is 2.01. The molecule has 0 rings (SSSR count). The molecule has 6 heteroatoms. The molecule has 0 heterocycles. The molecule has 78 valence electrons. The molecule has 0 fully saturated rings. The van der Waals surface area contributed by atoms with Gasteiger partial charge in [-0.05, 0) is 6.92 Å². The second kappa shape index (κ2) is 4.40. The molecule has 0 bridgehead atoms. The van der Waals surface area contributed by atoms with Gasteiger partial charge in [-0.25, -0.2) is 9.59 Å². The Hall–Kier alpha value is -1.85. The van der Waals surface area contributed by atoms with Crippen LogP contribution in [0.1, 0.15) is 13.3 Å². The summed E-state index contributed by atoms with van der Waals surface area (Å²) in [6.45, 7) is 4.88. The van der Waals surface area contributed by atoms with Gasteiger partial charge in [-0.15, -0.1) is 6.58 Å². The van der Waals surface area contributed by atoms with Gasteiger partial charge in [0.25, 0.3) is 0 Å². The number of carbonyl (C=O) groups excluding carboxylic acids is 1. The molecule has 0 aromatic rings. The van der Waals surface area contributed by atoms with Crippen LogP contribution >= 0.6 is 0 Å². The van der Waals surface area contributed by atoms with Crippen molar-refractivity contribution in [3.63, 3.8) is 0 Å². The van der Waals surface area contributed by atoms with Crippen LogP contribution in [0.5, 0.6) is 0 Å². The maximum atomic E-state index is 10.7. The Balaban J connectivity index is 5.13. The molecule has 0 aromatic carbocycles. The topological polar surface area (TPSA) is 104 Å². The summed E-state index contributed by atoms with van der Waals surface area (Å²) in [5, 5.41) is 19.2. The first-order chi connectivity index (χ1) is 6.36. The predicted octanol–water partition coefficient (Wildman–Crippen LogP) is -0.393. The third-order valence-electron chi connectivity index (χ3n) is 1.60. The van der Waals surface area contributed by atoms with Crippen LogP contribution in [-0.4, -0.2) is 34.1 Å². The first kappa shape index (κ1) is 12.2. The first-order valence-corrected chi connectivity index (χ1v) is 3.69. The molecule has 0 atom stereocenters. The number of nitrogens with one attached hydrogen (secondary N) is 1. The molecule has 0 spiro atoms. The summed E-state index contributed by atoms with van der Waals surface area (Å²) in [4.78, 5) is 31.6. The number of hydrogen-bond acceptors (Lipinski definition) is 3. The predicted molar refractivity (Wildman–Crippen MR) is 46.6 cm³/mol. The Morgan fingerprint density at radius 1 is 1.43 bits per heavy atom. The number of rotatable bonds is 6. The summed E-state index contributed by atoms with van der Waals surface area (Å²) >= 11 is 0. The first-order valence-electron chi connectivity index (χ1n) is 3.69. The highest BCUT2D eigenvalue weighted by Gasteiger charge is 2.46. The van der Waals surface area contributed by atoms with Crippen molar-refractivity contribution in [3.8, 4) is 0 Å². The van der Waals surface area contributed by atoms with Crippen molar-refractivity contribution in [3.05, 3.63) is 12.2 Å². The zero-order valence-corrected chi connectivity index (χ0v) is 7.61. The molecule has 0 aromatic heterocycles. The number of carboxylic acids is 2. The molecule has 1 amide bonds. The van der Waals surface area contributed by atoms with E-state index < -0.39 is 17.5 Å². The quantitative estimate of drug-likeness (QED) is 0.308. The van der Waals surface area contributed by atoms with Gasteiger partial charge in [-0.2, -0.15) is 0 Å². The van der Waals surface area contributed by atoms with Gasteiger partial charge in [0.15, 0.2) is 0 Å². The highest BCUT2D eigenvalue weighted by atomic mass is 16.4. The van der Waals surface area contributed by atoms with Crippen LogP contribution in [0.15, 0.2) is 12.2 Å². The third kappa shape index (κ3) is 2.32. The van der Waals surface area contributed by atoms with E-state index in [0.29, 0.717) is 5.57 Å². The van der Waals surface area contributed by atoms with Crippen LogP contribution in [0.2, 0.25) is 0 Å². The lowest BCUT2D eigenvalue weighted by Crippen LogP contribution is -2.57. The van der Waals surface area contributed by atoms with Crippen LogP contribution in [0, 0.1) is 0 Å². The van der Waals surface area contributed by atoms with Crippen molar-refractivity contribution in [2.75, 3.05) is 0 Å². The van der Waals surface area contributed by atoms with E-state index in [1.54, 1.807) is 5.32 Å². The van der Waals surface area contributed by atoms with E-state index in [-0.39, 0.29) is 12.8 Å². The Labute approximate surface area is 80.2 Å². The van der Waals surface area contributed by atoms with E-state index in [1.807, 2.05) is 0 Å². The largest absolute Gasteiger partial charge is 0.479 e. The van der Waals surface area contributed by atoms with Crippen molar-refractivity contribution >= 4 is 18.3 Å². The Kier molecular flexibility index (Phi) is 3.82. The maximum absolute atomic E-state index is 10.7. The molecule has 0 aliphatic rings. The van der Waals surface area contributed by atoms with E-state index in [9.17, 15) is 14.4 Å². The summed E-state index contributed by atoms with van der Waals surface area (Å²) in [7, 11) is 0. The van der Waals surface area contributed by atoms with E-state index in [1.165, 1.54) is 6.92 Å². The van der Waals surface area contributed by atoms with Crippen molar-refractivity contribution in [1.29, 1.82) is 0 Å². The van der Waals surface area contributed by atoms with E-state index in [0.717, 1.165) is 0 Å². The van der Waals surface area contributed by atoms with Gasteiger partial charge < -0.3 is 15.5 Å². The molecule has 0 saturated heterocycles. The van der Waals surface area contributed by atoms with Gasteiger partial charge in [-0.3, -0.25) is 4.79 Å². The average molecular weight is 201 g/mol. The monoisotopic (exact) mass is 201 g/mol. The fraction of sp³-hybridized carbons (Fsp3) is 0.375. The molecule has 3 N–H and O–H groups in total. The normalized spacial score (nSPS) is 10.4. The van der Waals surface area contributed by atoms with Crippen LogP contribution < -0.4 is 5.32 Å². The minimum atomic E-state index is -2.31. The van der Waals surface area contributed by atoms with Crippen molar-refractivity contribution in [2.24, 2.45) is 0 Å². The second-order valence-corrected chi connectivity index (χ2v) is 2.91. The molecule has 6 nitrogen and oxygen atoms in total. The zero-order chi connectivity index (χ0) is 11.4. The number of amides is 1. The summed E-state index contributed by atoms with van der Waals surface area (Å²) < 4.78 is 0. The third-order valence-corrected chi connectivity index (χ3v) is 1.60. The molecule has 0 saturated carbocycles. The smallest absolute Gasteiger partial charge is 0.341 e. The van der Waals surface area contributed by atoms with Crippen LogP contribution in [-0.2, 0) is 14.4 Å². The number of hydrogen-bond donors (Lipinski definition) is 3. The van der Waals surface area contributed by atoms with Crippen molar-refractivity contribution in [2.45, 2.75) is 18.9 Å². The minimum Gasteiger partial charge on any atom is -0.479 e. The van der Waals surface area contributed by atoms with Crippen molar-refractivity contribution in [1.82, 2.24) is 5.32 Å². The van der Waals surface area contributed by atoms with Gasteiger partial charge in [-0.1, -0.05) is 5.57 Å². The lowest BCUT2D eigenvalue weighted by molar-refractivity contribution is -0.160. The zero-order valence-electron chi connectivity index (χ0n) is 7.61. The van der Waals surface area contributed by atoms with Crippen molar-refractivity contribution < 1.29 is 24.6 Å². The lowest BCUT2D eigenvalue weighted by atomic mass is 9.92. The highest BCUT2D eigenvalue weighted by molar-refractivity contribution is 6.05. The molecule has 0 radical (unpaired) electrons. The lowest BCUT2D eigenvalue weighted by Gasteiger charge is -2.23. The maximum Gasteiger partial charge on any atom is 0.341 e. The summed E-state index contributed by atoms with van der Waals surface area (Å²) in [5.74, 6) is -3.25. The number of carbonyl (C=O) groups is 3. The standard InChI is InChI=1S/C8H11NO5/c1-5(2)3-8(6(11)12,7(13)14)9-4-10/h4H,1,3H2,2H3,(H,9,10)(H,11,12)(H,13,14).